The lowest BCUT2D eigenvalue weighted by molar-refractivity contribution is 0.369. The summed E-state index contributed by atoms with van der Waals surface area (Å²) in [4.78, 5) is 4.37. The Hall–Kier alpha value is -0.900. The largest absolute Gasteiger partial charge is 0.339 e. The van der Waals surface area contributed by atoms with Gasteiger partial charge >= 0.3 is 0 Å². The van der Waals surface area contributed by atoms with Crippen LogP contribution in [-0.2, 0) is 0 Å². The van der Waals surface area contributed by atoms with E-state index in [1.54, 1.807) is 0 Å². The van der Waals surface area contributed by atoms with Gasteiger partial charge in [-0.3, -0.25) is 0 Å². The number of aromatic nitrogens is 2. The Morgan fingerprint density at radius 2 is 2.19 bits per heavy atom. The number of hydrogen-bond acceptors (Lipinski definition) is 4. The molecule has 1 fully saturated rings. The Balaban J connectivity index is 1.76. The van der Waals surface area contributed by atoms with E-state index in [2.05, 4.69) is 17.1 Å². The third-order valence-corrected chi connectivity index (χ3v) is 3.08. The van der Waals surface area contributed by atoms with Crippen molar-refractivity contribution in [2.45, 2.75) is 63.8 Å². The molecule has 0 aromatic carbocycles. The van der Waals surface area contributed by atoms with Crippen LogP contribution in [0.5, 0.6) is 0 Å². The lowest BCUT2D eigenvalue weighted by Gasteiger charge is -2.05. The van der Waals surface area contributed by atoms with Crippen LogP contribution in [0.25, 0.3) is 0 Å². The van der Waals surface area contributed by atoms with E-state index in [1.807, 2.05) is 0 Å². The highest BCUT2D eigenvalue weighted by Gasteiger charge is 2.30. The SMILES string of the molecule is CCCCCCC(N)c1noc(C2CC2)n1. The summed E-state index contributed by atoms with van der Waals surface area (Å²) in [6, 6.07) is -0.0480. The van der Waals surface area contributed by atoms with E-state index in [0.717, 1.165) is 18.7 Å². The van der Waals surface area contributed by atoms with Gasteiger partial charge in [-0.15, -0.1) is 0 Å². The number of unbranched alkanes of at least 4 members (excludes halogenated alkanes) is 3. The lowest BCUT2D eigenvalue weighted by atomic mass is 10.1. The van der Waals surface area contributed by atoms with Crippen LogP contribution in [0.2, 0.25) is 0 Å². The standard InChI is InChI=1S/C12H21N3O/c1-2-3-4-5-6-10(13)11-14-12(16-15-11)9-7-8-9/h9-10H,2-8,13H2,1H3. The molecule has 2 rings (SSSR count). The van der Waals surface area contributed by atoms with Crippen LogP contribution in [-0.4, -0.2) is 10.1 Å². The van der Waals surface area contributed by atoms with Crippen LogP contribution < -0.4 is 5.73 Å². The van der Waals surface area contributed by atoms with E-state index in [9.17, 15) is 0 Å². The second-order valence-corrected chi connectivity index (χ2v) is 4.72. The van der Waals surface area contributed by atoms with Gasteiger partial charge in [-0.2, -0.15) is 4.98 Å². The first-order chi connectivity index (χ1) is 7.81. The molecule has 0 amide bonds. The molecule has 0 saturated heterocycles. The van der Waals surface area contributed by atoms with Gasteiger partial charge in [-0.25, -0.2) is 0 Å². The number of nitrogens with zero attached hydrogens (tertiary/aromatic N) is 2. The monoisotopic (exact) mass is 223 g/mol. The zero-order valence-corrected chi connectivity index (χ0v) is 9.98. The highest BCUT2D eigenvalue weighted by Crippen LogP contribution is 2.39. The summed E-state index contributed by atoms with van der Waals surface area (Å²) in [6.07, 6.45) is 8.28. The fourth-order valence-corrected chi connectivity index (χ4v) is 1.81. The van der Waals surface area contributed by atoms with Gasteiger partial charge < -0.3 is 10.3 Å². The van der Waals surface area contributed by atoms with Crippen LogP contribution in [0.1, 0.15) is 75.5 Å². The lowest BCUT2D eigenvalue weighted by Crippen LogP contribution is -2.12. The molecule has 90 valence electrons. The quantitative estimate of drug-likeness (QED) is 0.722. The van der Waals surface area contributed by atoms with Crippen LogP contribution in [0.3, 0.4) is 0 Å². The van der Waals surface area contributed by atoms with Crippen molar-refractivity contribution >= 4 is 0 Å². The third-order valence-electron chi connectivity index (χ3n) is 3.08. The van der Waals surface area contributed by atoms with Crippen molar-refractivity contribution in [3.63, 3.8) is 0 Å². The first-order valence-corrected chi connectivity index (χ1v) is 6.40. The van der Waals surface area contributed by atoms with Crippen molar-refractivity contribution in [3.8, 4) is 0 Å². The van der Waals surface area contributed by atoms with Crippen molar-refractivity contribution in [3.05, 3.63) is 11.7 Å². The molecular weight excluding hydrogens is 202 g/mol. The van der Waals surface area contributed by atoms with E-state index < -0.39 is 0 Å². The molecule has 0 spiro atoms. The Bertz CT molecular complexity index is 320. The minimum absolute atomic E-state index is 0.0480. The highest BCUT2D eigenvalue weighted by atomic mass is 16.5. The summed E-state index contributed by atoms with van der Waals surface area (Å²) in [7, 11) is 0. The van der Waals surface area contributed by atoms with Gasteiger partial charge in [0.15, 0.2) is 5.82 Å². The van der Waals surface area contributed by atoms with Crippen molar-refractivity contribution in [1.29, 1.82) is 0 Å². The van der Waals surface area contributed by atoms with E-state index >= 15 is 0 Å². The molecular formula is C12H21N3O. The maximum atomic E-state index is 6.03. The molecule has 1 aliphatic rings. The topological polar surface area (TPSA) is 64.9 Å². The van der Waals surface area contributed by atoms with Crippen molar-refractivity contribution in [2.75, 3.05) is 0 Å². The molecule has 0 aliphatic heterocycles. The van der Waals surface area contributed by atoms with Gasteiger partial charge in [0.05, 0.1) is 6.04 Å². The Morgan fingerprint density at radius 1 is 1.38 bits per heavy atom. The van der Waals surface area contributed by atoms with Crippen molar-refractivity contribution < 1.29 is 4.52 Å². The van der Waals surface area contributed by atoms with Crippen LogP contribution in [0.15, 0.2) is 4.52 Å². The molecule has 16 heavy (non-hydrogen) atoms. The van der Waals surface area contributed by atoms with Crippen LogP contribution in [0.4, 0.5) is 0 Å². The zero-order valence-electron chi connectivity index (χ0n) is 9.98. The molecule has 1 heterocycles. The second kappa shape index (κ2) is 5.43. The molecule has 1 unspecified atom stereocenters. The van der Waals surface area contributed by atoms with Gasteiger partial charge in [0.2, 0.25) is 5.89 Å². The maximum absolute atomic E-state index is 6.03. The summed E-state index contributed by atoms with van der Waals surface area (Å²) in [5.41, 5.74) is 6.03. The smallest absolute Gasteiger partial charge is 0.229 e. The first kappa shape index (κ1) is 11.6. The predicted molar refractivity (Wildman–Crippen MR) is 62.0 cm³/mol. The first-order valence-electron chi connectivity index (χ1n) is 6.40. The van der Waals surface area contributed by atoms with Crippen molar-refractivity contribution in [1.82, 2.24) is 10.1 Å². The summed E-state index contributed by atoms with van der Waals surface area (Å²) in [5.74, 6) is 2.01. The molecule has 1 aliphatic carbocycles. The van der Waals surface area contributed by atoms with E-state index in [0.29, 0.717) is 11.7 Å². The van der Waals surface area contributed by atoms with Gasteiger partial charge in [0.1, 0.15) is 0 Å². The molecule has 1 aromatic rings. The van der Waals surface area contributed by atoms with Crippen molar-refractivity contribution in [2.24, 2.45) is 5.73 Å². The zero-order chi connectivity index (χ0) is 11.4. The summed E-state index contributed by atoms with van der Waals surface area (Å²) in [5, 5.41) is 3.97. The molecule has 1 atom stereocenters. The Kier molecular flexibility index (Phi) is 3.93. The highest BCUT2D eigenvalue weighted by molar-refractivity contribution is 5.03. The Labute approximate surface area is 96.6 Å². The number of rotatable bonds is 7. The molecule has 0 radical (unpaired) electrons. The van der Waals surface area contributed by atoms with Crippen LogP contribution in [0, 0.1) is 0 Å². The van der Waals surface area contributed by atoms with Gasteiger partial charge in [0.25, 0.3) is 0 Å². The van der Waals surface area contributed by atoms with Gasteiger partial charge in [-0.1, -0.05) is 37.8 Å². The molecule has 4 nitrogen and oxygen atoms in total. The normalized spacial score (nSPS) is 17.6. The summed E-state index contributed by atoms with van der Waals surface area (Å²) >= 11 is 0. The van der Waals surface area contributed by atoms with Crippen LogP contribution >= 0.6 is 0 Å². The minimum Gasteiger partial charge on any atom is -0.339 e. The number of nitrogens with two attached hydrogens (primary N) is 1. The average Bonchev–Trinajstić information content (AvgIpc) is 3.02. The number of hydrogen-bond donors (Lipinski definition) is 1. The van der Waals surface area contributed by atoms with Gasteiger partial charge in [0, 0.05) is 5.92 Å². The molecule has 0 bridgehead atoms. The molecule has 1 saturated carbocycles. The molecule has 1 aromatic heterocycles. The molecule has 2 N–H and O–H groups in total. The maximum Gasteiger partial charge on any atom is 0.229 e. The Morgan fingerprint density at radius 3 is 2.88 bits per heavy atom. The van der Waals surface area contributed by atoms with E-state index in [1.165, 1.54) is 32.1 Å². The molecule has 4 heteroatoms. The average molecular weight is 223 g/mol. The fourth-order valence-electron chi connectivity index (χ4n) is 1.81. The van der Waals surface area contributed by atoms with Gasteiger partial charge in [-0.05, 0) is 19.3 Å². The second-order valence-electron chi connectivity index (χ2n) is 4.72. The van der Waals surface area contributed by atoms with E-state index in [4.69, 9.17) is 10.3 Å². The summed E-state index contributed by atoms with van der Waals surface area (Å²) < 4.78 is 5.20. The minimum atomic E-state index is -0.0480. The predicted octanol–water partition coefficient (Wildman–Crippen LogP) is 2.92. The summed E-state index contributed by atoms with van der Waals surface area (Å²) in [6.45, 7) is 2.21. The third kappa shape index (κ3) is 3.04. The fraction of sp³-hybridized carbons (Fsp3) is 0.833. The van der Waals surface area contributed by atoms with E-state index in [-0.39, 0.29) is 6.04 Å².